The molecule has 152 valence electrons. The number of hydrogen-bond acceptors (Lipinski definition) is 4. The second-order valence-electron chi connectivity index (χ2n) is 7.61. The van der Waals surface area contributed by atoms with Gasteiger partial charge in [-0.1, -0.05) is 60.8 Å². The zero-order valence-electron chi connectivity index (χ0n) is 16.7. The van der Waals surface area contributed by atoms with Gasteiger partial charge in [0.05, 0.1) is 12.6 Å². The average molecular weight is 411 g/mol. The van der Waals surface area contributed by atoms with E-state index in [1.807, 2.05) is 42.6 Å². The fourth-order valence-corrected chi connectivity index (χ4v) is 4.36. The van der Waals surface area contributed by atoms with Crippen LogP contribution in [0.15, 0.2) is 77.9 Å². The SMILES string of the molecule is COC1(Cl)C=CN=CC1(CN(c1ccccc1)c1ccccc1)OC1CCCC1. The summed E-state index contributed by atoms with van der Waals surface area (Å²) in [5, 5.41) is -1.14. The van der Waals surface area contributed by atoms with E-state index in [9.17, 15) is 0 Å². The number of ether oxygens (including phenoxy) is 2. The first kappa shape index (κ1) is 20.1. The largest absolute Gasteiger partial charge is 0.359 e. The van der Waals surface area contributed by atoms with Crippen LogP contribution in [0.5, 0.6) is 0 Å². The molecule has 2 aromatic rings. The van der Waals surface area contributed by atoms with E-state index in [-0.39, 0.29) is 6.10 Å². The first-order valence-electron chi connectivity index (χ1n) is 10.2. The quantitative estimate of drug-likeness (QED) is 0.549. The molecule has 1 saturated carbocycles. The van der Waals surface area contributed by atoms with E-state index in [0.717, 1.165) is 24.2 Å². The molecule has 5 heteroatoms. The molecule has 1 heterocycles. The minimum Gasteiger partial charge on any atom is -0.359 e. The Bertz CT molecular complexity index is 812. The number of alkyl halides is 1. The third-order valence-corrected chi connectivity index (χ3v) is 6.34. The van der Waals surface area contributed by atoms with E-state index in [4.69, 9.17) is 21.1 Å². The van der Waals surface area contributed by atoms with Crippen molar-refractivity contribution < 1.29 is 9.47 Å². The Hall–Kier alpha value is -2.14. The van der Waals surface area contributed by atoms with Crippen LogP contribution in [0.1, 0.15) is 25.7 Å². The number of anilines is 2. The summed E-state index contributed by atoms with van der Waals surface area (Å²) in [4.78, 5) is 6.65. The fraction of sp³-hybridized carbons (Fsp3) is 0.375. The lowest BCUT2D eigenvalue weighted by Crippen LogP contribution is -2.61. The molecule has 0 spiro atoms. The third kappa shape index (κ3) is 4.11. The monoisotopic (exact) mass is 410 g/mol. The summed E-state index contributed by atoms with van der Waals surface area (Å²) in [5.74, 6) is 0. The number of hydrogen-bond donors (Lipinski definition) is 0. The van der Waals surface area contributed by atoms with Crippen molar-refractivity contribution in [1.82, 2.24) is 0 Å². The van der Waals surface area contributed by atoms with Gasteiger partial charge < -0.3 is 14.4 Å². The highest BCUT2D eigenvalue weighted by Crippen LogP contribution is 2.42. The zero-order chi connectivity index (χ0) is 20.2. The van der Waals surface area contributed by atoms with E-state index in [2.05, 4.69) is 34.2 Å². The summed E-state index contributed by atoms with van der Waals surface area (Å²) in [6, 6.07) is 20.5. The van der Waals surface area contributed by atoms with Crippen molar-refractivity contribution in [2.24, 2.45) is 4.99 Å². The number of methoxy groups -OCH3 is 1. The molecule has 0 bridgehead atoms. The topological polar surface area (TPSA) is 34.1 Å². The van der Waals surface area contributed by atoms with E-state index >= 15 is 0 Å². The van der Waals surface area contributed by atoms with Gasteiger partial charge in [-0.05, 0) is 43.2 Å². The molecule has 2 aromatic carbocycles. The number of nitrogens with zero attached hydrogens (tertiary/aromatic N) is 2. The highest BCUT2D eigenvalue weighted by molar-refractivity contribution is 6.27. The van der Waals surface area contributed by atoms with Crippen molar-refractivity contribution in [1.29, 1.82) is 0 Å². The van der Waals surface area contributed by atoms with Gasteiger partial charge in [0, 0.05) is 30.9 Å². The third-order valence-electron chi connectivity index (χ3n) is 5.74. The number of benzene rings is 2. The van der Waals surface area contributed by atoms with Gasteiger partial charge in [-0.2, -0.15) is 0 Å². The zero-order valence-corrected chi connectivity index (χ0v) is 17.5. The molecule has 0 amide bonds. The van der Waals surface area contributed by atoms with Gasteiger partial charge in [-0.3, -0.25) is 4.99 Å². The Morgan fingerprint density at radius 3 is 2.14 bits per heavy atom. The van der Waals surface area contributed by atoms with Crippen molar-refractivity contribution in [3.05, 3.63) is 72.9 Å². The van der Waals surface area contributed by atoms with Crippen molar-refractivity contribution in [3.63, 3.8) is 0 Å². The molecule has 29 heavy (non-hydrogen) atoms. The predicted molar refractivity (Wildman–Crippen MR) is 119 cm³/mol. The summed E-state index contributed by atoms with van der Waals surface area (Å²) in [5.41, 5.74) is 1.19. The summed E-state index contributed by atoms with van der Waals surface area (Å²) in [6.45, 7) is 0.475. The van der Waals surface area contributed by atoms with Gasteiger partial charge in [0.15, 0.2) is 10.7 Å². The van der Waals surface area contributed by atoms with Gasteiger partial charge in [0.2, 0.25) is 0 Å². The number of halogens is 1. The van der Waals surface area contributed by atoms with Crippen LogP contribution < -0.4 is 4.90 Å². The van der Waals surface area contributed by atoms with Crippen LogP contribution in [0.4, 0.5) is 11.4 Å². The number of rotatable bonds is 7. The average Bonchev–Trinajstić information content (AvgIpc) is 3.28. The maximum absolute atomic E-state index is 7.03. The highest BCUT2D eigenvalue weighted by atomic mass is 35.5. The van der Waals surface area contributed by atoms with Crippen molar-refractivity contribution in [3.8, 4) is 0 Å². The number of aliphatic imine (C=N–C) groups is 1. The summed E-state index contributed by atoms with van der Waals surface area (Å²) >= 11 is 7.03. The van der Waals surface area contributed by atoms with Gasteiger partial charge >= 0.3 is 0 Å². The fourth-order valence-electron chi connectivity index (χ4n) is 4.15. The van der Waals surface area contributed by atoms with E-state index < -0.39 is 10.7 Å². The van der Waals surface area contributed by atoms with Gasteiger partial charge in [-0.25, -0.2) is 0 Å². The Labute approximate surface area is 177 Å². The van der Waals surface area contributed by atoms with Crippen LogP contribution in [0.2, 0.25) is 0 Å². The number of para-hydroxylation sites is 2. The molecular weight excluding hydrogens is 384 g/mol. The molecule has 0 N–H and O–H groups in total. The molecule has 2 atom stereocenters. The maximum Gasteiger partial charge on any atom is 0.197 e. The molecule has 4 rings (SSSR count). The normalized spacial score (nSPS) is 26.7. The summed E-state index contributed by atoms with van der Waals surface area (Å²) in [7, 11) is 1.62. The van der Waals surface area contributed by atoms with Crippen LogP contribution in [0, 0.1) is 0 Å². The van der Waals surface area contributed by atoms with Crippen LogP contribution in [0.3, 0.4) is 0 Å². The molecule has 1 fully saturated rings. The molecule has 1 aliphatic carbocycles. The summed E-state index contributed by atoms with van der Waals surface area (Å²) in [6.07, 6.45) is 9.86. The van der Waals surface area contributed by atoms with Gasteiger partial charge in [0.1, 0.15) is 0 Å². The highest BCUT2D eigenvalue weighted by Gasteiger charge is 2.54. The second kappa shape index (κ2) is 8.70. The predicted octanol–water partition coefficient (Wildman–Crippen LogP) is 5.70. The van der Waals surface area contributed by atoms with E-state index in [0.29, 0.717) is 6.54 Å². The molecule has 0 aromatic heterocycles. The molecular formula is C24H27ClN2O2. The molecule has 2 unspecified atom stereocenters. The first-order valence-corrected chi connectivity index (χ1v) is 10.6. The molecule has 4 nitrogen and oxygen atoms in total. The van der Waals surface area contributed by atoms with Crippen molar-refractivity contribution in [2.45, 2.75) is 42.4 Å². The van der Waals surface area contributed by atoms with Crippen LogP contribution in [0.25, 0.3) is 0 Å². The second-order valence-corrected chi connectivity index (χ2v) is 8.18. The van der Waals surface area contributed by atoms with Gasteiger partial charge in [0.25, 0.3) is 0 Å². The Morgan fingerprint density at radius 1 is 1.00 bits per heavy atom. The van der Waals surface area contributed by atoms with E-state index in [1.165, 1.54) is 12.8 Å². The molecule has 0 saturated heterocycles. The lowest BCUT2D eigenvalue weighted by atomic mass is 9.92. The standard InChI is InChI=1S/C24H27ClN2O2/c1-28-24(25)16-17-26-18-23(24,29-22-14-8-9-15-22)19-27(20-10-4-2-5-11-20)21-12-6-3-7-13-21/h2-7,10-13,16-18,22H,8-9,14-15,19H2,1H3. The van der Waals surface area contributed by atoms with Crippen LogP contribution in [-0.4, -0.2) is 36.6 Å². The minimum absolute atomic E-state index is 0.148. The minimum atomic E-state index is -1.14. The molecule has 1 aliphatic heterocycles. The maximum atomic E-state index is 7.03. The Morgan fingerprint density at radius 2 is 1.59 bits per heavy atom. The Balaban J connectivity index is 1.76. The smallest absolute Gasteiger partial charge is 0.197 e. The van der Waals surface area contributed by atoms with Gasteiger partial charge in [-0.15, -0.1) is 0 Å². The molecule has 0 radical (unpaired) electrons. The van der Waals surface area contributed by atoms with Crippen molar-refractivity contribution in [2.75, 3.05) is 18.6 Å². The molecule has 2 aliphatic rings. The lowest BCUT2D eigenvalue weighted by Gasteiger charge is -2.46. The summed E-state index contributed by atoms with van der Waals surface area (Å²) < 4.78 is 12.5. The van der Waals surface area contributed by atoms with E-state index in [1.54, 1.807) is 19.4 Å². The lowest BCUT2D eigenvalue weighted by molar-refractivity contribution is -0.119. The first-order chi connectivity index (χ1) is 14.2. The van der Waals surface area contributed by atoms with Crippen LogP contribution in [-0.2, 0) is 9.47 Å². The Kier molecular flexibility index (Phi) is 6.04. The van der Waals surface area contributed by atoms with Crippen LogP contribution >= 0.6 is 11.6 Å². The van der Waals surface area contributed by atoms with Crippen molar-refractivity contribution >= 4 is 29.2 Å².